The highest BCUT2D eigenvalue weighted by molar-refractivity contribution is 5.76. The van der Waals surface area contributed by atoms with E-state index < -0.39 is 0 Å². The minimum Gasteiger partial charge on any atom is -0.490 e. The number of hydrogen-bond acceptors (Lipinski definition) is 3. The Morgan fingerprint density at radius 2 is 1.71 bits per heavy atom. The summed E-state index contributed by atoms with van der Waals surface area (Å²) < 4.78 is 11.4. The van der Waals surface area contributed by atoms with E-state index in [9.17, 15) is 4.79 Å². The molecule has 2 aromatic carbocycles. The topological polar surface area (TPSA) is 35.5 Å². The van der Waals surface area contributed by atoms with E-state index in [1.165, 1.54) is 16.7 Å². The lowest BCUT2D eigenvalue weighted by Gasteiger charge is -2.14. The van der Waals surface area contributed by atoms with Crippen molar-refractivity contribution in [3.63, 3.8) is 0 Å². The first kappa shape index (κ1) is 15.1. The van der Waals surface area contributed by atoms with Gasteiger partial charge in [-0.2, -0.15) is 0 Å². The zero-order valence-corrected chi connectivity index (χ0v) is 12.7. The highest BCUT2D eigenvalue weighted by atomic mass is 16.5. The Balaban J connectivity index is 2.21. The molecule has 0 aliphatic carbocycles. The van der Waals surface area contributed by atoms with Gasteiger partial charge in [0.15, 0.2) is 11.5 Å². The van der Waals surface area contributed by atoms with Gasteiger partial charge in [-0.15, -0.1) is 0 Å². The van der Waals surface area contributed by atoms with E-state index in [1.807, 2.05) is 13.0 Å². The van der Waals surface area contributed by atoms with Gasteiger partial charge in [0.2, 0.25) is 0 Å². The summed E-state index contributed by atoms with van der Waals surface area (Å²) in [6.45, 7) is 7.07. The van der Waals surface area contributed by atoms with Crippen LogP contribution in [0.3, 0.4) is 0 Å². The highest BCUT2D eigenvalue weighted by Gasteiger charge is 2.08. The Labute approximate surface area is 125 Å². The van der Waals surface area contributed by atoms with E-state index in [4.69, 9.17) is 9.47 Å². The zero-order chi connectivity index (χ0) is 15.2. The standard InChI is InChI=1S/C18H20O3/c1-4-20-18-10-15(11-19)8-9-17(18)21-12-16-13(2)6-5-7-14(16)3/h5-11H,4,12H2,1-3H3. The molecule has 3 heteroatoms. The molecule has 2 aromatic rings. The second-order valence-corrected chi connectivity index (χ2v) is 4.92. The van der Waals surface area contributed by atoms with Gasteiger partial charge in [0.1, 0.15) is 12.9 Å². The maximum absolute atomic E-state index is 10.8. The van der Waals surface area contributed by atoms with Crippen molar-refractivity contribution in [1.29, 1.82) is 0 Å². The van der Waals surface area contributed by atoms with Crippen molar-refractivity contribution >= 4 is 6.29 Å². The molecule has 0 heterocycles. The quantitative estimate of drug-likeness (QED) is 0.749. The summed E-state index contributed by atoms with van der Waals surface area (Å²) in [7, 11) is 0. The van der Waals surface area contributed by atoms with Crippen molar-refractivity contribution < 1.29 is 14.3 Å². The van der Waals surface area contributed by atoms with Gasteiger partial charge in [-0.3, -0.25) is 4.79 Å². The summed E-state index contributed by atoms with van der Waals surface area (Å²) in [4.78, 5) is 10.8. The summed E-state index contributed by atoms with van der Waals surface area (Å²) in [5.74, 6) is 1.26. The molecule has 0 unspecified atom stereocenters. The molecule has 0 aliphatic rings. The molecule has 0 fully saturated rings. The molecule has 0 amide bonds. The summed E-state index contributed by atoms with van der Waals surface area (Å²) in [5, 5.41) is 0. The first-order valence-electron chi connectivity index (χ1n) is 7.05. The second-order valence-electron chi connectivity index (χ2n) is 4.92. The van der Waals surface area contributed by atoms with Crippen LogP contribution in [0.4, 0.5) is 0 Å². The van der Waals surface area contributed by atoms with Gasteiger partial charge >= 0.3 is 0 Å². The fourth-order valence-corrected chi connectivity index (χ4v) is 2.21. The lowest BCUT2D eigenvalue weighted by Crippen LogP contribution is -2.03. The molecule has 0 radical (unpaired) electrons. The minimum atomic E-state index is 0.485. The number of hydrogen-bond donors (Lipinski definition) is 0. The second kappa shape index (κ2) is 6.93. The predicted molar refractivity (Wildman–Crippen MR) is 83.2 cm³/mol. The van der Waals surface area contributed by atoms with E-state index in [0.717, 1.165) is 6.29 Å². The van der Waals surface area contributed by atoms with Crippen molar-refractivity contribution in [3.8, 4) is 11.5 Å². The molecule has 3 nitrogen and oxygen atoms in total. The Morgan fingerprint density at radius 1 is 1.00 bits per heavy atom. The minimum absolute atomic E-state index is 0.485. The van der Waals surface area contributed by atoms with Gasteiger partial charge in [0.05, 0.1) is 6.61 Å². The smallest absolute Gasteiger partial charge is 0.161 e. The molecule has 110 valence electrons. The Morgan fingerprint density at radius 3 is 2.33 bits per heavy atom. The van der Waals surface area contributed by atoms with Gasteiger partial charge < -0.3 is 9.47 Å². The van der Waals surface area contributed by atoms with Crippen molar-refractivity contribution in [1.82, 2.24) is 0 Å². The van der Waals surface area contributed by atoms with Gasteiger partial charge in [-0.05, 0) is 55.7 Å². The number of carbonyl (C=O) groups excluding carboxylic acids is 1. The number of rotatable bonds is 6. The molecular formula is C18H20O3. The fourth-order valence-electron chi connectivity index (χ4n) is 2.21. The third-order valence-corrected chi connectivity index (χ3v) is 3.42. The third kappa shape index (κ3) is 3.63. The van der Waals surface area contributed by atoms with E-state index in [2.05, 4.69) is 26.0 Å². The lowest BCUT2D eigenvalue weighted by molar-refractivity contribution is 0.112. The average Bonchev–Trinajstić information content (AvgIpc) is 2.48. The summed E-state index contributed by atoms with van der Waals surface area (Å²) in [6.07, 6.45) is 0.803. The third-order valence-electron chi connectivity index (χ3n) is 3.42. The maximum Gasteiger partial charge on any atom is 0.161 e. The fraction of sp³-hybridized carbons (Fsp3) is 0.278. The average molecular weight is 284 g/mol. The maximum atomic E-state index is 10.8. The zero-order valence-electron chi connectivity index (χ0n) is 12.7. The van der Waals surface area contributed by atoms with Crippen LogP contribution in [0.15, 0.2) is 36.4 Å². The van der Waals surface area contributed by atoms with E-state index in [0.29, 0.717) is 30.3 Å². The Hall–Kier alpha value is -2.29. The van der Waals surface area contributed by atoms with Gasteiger partial charge in [0.25, 0.3) is 0 Å². The summed E-state index contributed by atoms with van der Waals surface area (Å²) >= 11 is 0. The normalized spacial score (nSPS) is 10.2. The van der Waals surface area contributed by atoms with Crippen LogP contribution in [0, 0.1) is 13.8 Å². The predicted octanol–water partition coefficient (Wildman–Crippen LogP) is 4.09. The van der Waals surface area contributed by atoms with Crippen LogP contribution in [0.5, 0.6) is 11.5 Å². The number of carbonyl (C=O) groups is 1. The highest BCUT2D eigenvalue weighted by Crippen LogP contribution is 2.29. The Bertz CT molecular complexity index is 612. The molecule has 0 spiro atoms. The molecule has 0 bridgehead atoms. The monoisotopic (exact) mass is 284 g/mol. The van der Waals surface area contributed by atoms with Crippen LogP contribution in [0.1, 0.15) is 34.0 Å². The number of aryl methyl sites for hydroxylation is 2. The molecule has 2 rings (SSSR count). The van der Waals surface area contributed by atoms with E-state index in [1.54, 1.807) is 18.2 Å². The number of aldehydes is 1. The van der Waals surface area contributed by atoms with E-state index in [-0.39, 0.29) is 0 Å². The van der Waals surface area contributed by atoms with Crippen LogP contribution >= 0.6 is 0 Å². The molecule has 0 N–H and O–H groups in total. The van der Waals surface area contributed by atoms with Crippen LogP contribution in [0.25, 0.3) is 0 Å². The van der Waals surface area contributed by atoms with Crippen molar-refractivity contribution in [3.05, 3.63) is 58.7 Å². The SMILES string of the molecule is CCOc1cc(C=O)ccc1OCc1c(C)cccc1C. The lowest BCUT2D eigenvalue weighted by atomic mass is 10.0. The molecular weight excluding hydrogens is 264 g/mol. The number of ether oxygens (including phenoxy) is 2. The van der Waals surface area contributed by atoms with Gasteiger partial charge in [-0.1, -0.05) is 18.2 Å². The first-order valence-corrected chi connectivity index (χ1v) is 7.05. The summed E-state index contributed by atoms with van der Waals surface area (Å²) in [6, 6.07) is 11.4. The van der Waals surface area contributed by atoms with Crippen LogP contribution < -0.4 is 9.47 Å². The molecule has 0 atom stereocenters. The van der Waals surface area contributed by atoms with Crippen molar-refractivity contribution in [2.24, 2.45) is 0 Å². The molecule has 0 aromatic heterocycles. The Kier molecular flexibility index (Phi) is 4.99. The largest absolute Gasteiger partial charge is 0.490 e. The molecule has 0 saturated heterocycles. The first-order chi connectivity index (χ1) is 10.2. The van der Waals surface area contributed by atoms with E-state index >= 15 is 0 Å². The number of benzene rings is 2. The van der Waals surface area contributed by atoms with Crippen molar-refractivity contribution in [2.45, 2.75) is 27.4 Å². The molecule has 0 saturated carbocycles. The van der Waals surface area contributed by atoms with Gasteiger partial charge in [0, 0.05) is 5.56 Å². The molecule has 0 aliphatic heterocycles. The van der Waals surface area contributed by atoms with Crippen molar-refractivity contribution in [2.75, 3.05) is 6.61 Å². The van der Waals surface area contributed by atoms with Crippen LogP contribution in [-0.2, 0) is 6.61 Å². The van der Waals surface area contributed by atoms with Crippen LogP contribution in [-0.4, -0.2) is 12.9 Å². The van der Waals surface area contributed by atoms with Crippen LogP contribution in [0.2, 0.25) is 0 Å². The summed E-state index contributed by atoms with van der Waals surface area (Å²) in [5.41, 5.74) is 4.17. The molecule has 21 heavy (non-hydrogen) atoms. The van der Waals surface area contributed by atoms with Gasteiger partial charge in [-0.25, -0.2) is 0 Å².